The minimum atomic E-state index is -0.648. The highest BCUT2D eigenvalue weighted by Crippen LogP contribution is 2.30. The zero-order valence-corrected chi connectivity index (χ0v) is 21.2. The van der Waals surface area contributed by atoms with E-state index in [0.29, 0.717) is 23.0 Å². The largest absolute Gasteiger partial charge is 0.444 e. The van der Waals surface area contributed by atoms with E-state index in [1.54, 1.807) is 37.8 Å². The summed E-state index contributed by atoms with van der Waals surface area (Å²) in [4.78, 5) is 49.0. The van der Waals surface area contributed by atoms with Crippen LogP contribution in [0.15, 0.2) is 29.1 Å². The van der Waals surface area contributed by atoms with E-state index < -0.39 is 11.7 Å². The molecule has 1 atom stereocenters. The Hall–Kier alpha value is -2.87. The van der Waals surface area contributed by atoms with Gasteiger partial charge in [-0.2, -0.15) is 0 Å². The van der Waals surface area contributed by atoms with Gasteiger partial charge in [-0.15, -0.1) is 0 Å². The van der Waals surface area contributed by atoms with Crippen LogP contribution in [0.5, 0.6) is 0 Å². The fraction of sp³-hybridized carbons (Fsp3) is 0.520. The number of aromatic amines is 1. The summed E-state index contributed by atoms with van der Waals surface area (Å²) < 4.78 is 5.34. The molecule has 3 rings (SSSR count). The van der Waals surface area contributed by atoms with Gasteiger partial charge in [0.2, 0.25) is 5.91 Å². The Bertz CT molecular complexity index is 1090. The number of carbonyl (C=O) groups is 2. The van der Waals surface area contributed by atoms with Crippen LogP contribution in [0.4, 0.5) is 4.79 Å². The number of H-pyrrole nitrogens is 1. The number of aromatic nitrogens is 2. The van der Waals surface area contributed by atoms with Gasteiger partial charge in [0.1, 0.15) is 18.0 Å². The van der Waals surface area contributed by atoms with E-state index in [9.17, 15) is 14.4 Å². The second-order valence-corrected chi connectivity index (χ2v) is 10.2. The second-order valence-electron chi connectivity index (χ2n) is 9.74. The Kier molecular flexibility index (Phi) is 8.02. The average molecular weight is 489 g/mol. The lowest BCUT2D eigenvalue weighted by atomic mass is 9.90. The normalized spacial score (nSPS) is 15.6. The number of nitrogens with zero attached hydrogens (tertiary/aromatic N) is 3. The third-order valence-electron chi connectivity index (χ3n) is 5.68. The van der Waals surface area contributed by atoms with Crippen LogP contribution in [0.25, 0.3) is 11.4 Å². The summed E-state index contributed by atoms with van der Waals surface area (Å²) in [5.74, 6) is 0.195. The number of amides is 2. The van der Waals surface area contributed by atoms with Crippen molar-refractivity contribution in [1.29, 1.82) is 0 Å². The average Bonchev–Trinajstić information content (AvgIpc) is 2.76. The van der Waals surface area contributed by atoms with Gasteiger partial charge in [-0.05, 0) is 51.5 Å². The van der Waals surface area contributed by atoms with Gasteiger partial charge in [-0.25, -0.2) is 9.78 Å². The third-order valence-corrected chi connectivity index (χ3v) is 5.93. The fourth-order valence-corrected chi connectivity index (χ4v) is 4.06. The Labute approximate surface area is 205 Å². The van der Waals surface area contributed by atoms with Crippen molar-refractivity contribution >= 4 is 23.6 Å². The summed E-state index contributed by atoms with van der Waals surface area (Å²) in [6, 6.07) is 7.15. The number of fused-ring (bicyclic) bond motifs is 1. The molecule has 184 valence electrons. The monoisotopic (exact) mass is 488 g/mol. The molecule has 2 aromatic rings. The summed E-state index contributed by atoms with van der Waals surface area (Å²) in [5, 5.41) is 0.607. The first-order valence-corrected chi connectivity index (χ1v) is 12.0. The fourth-order valence-electron chi connectivity index (χ4n) is 3.93. The van der Waals surface area contributed by atoms with Crippen molar-refractivity contribution in [3.05, 3.63) is 50.9 Å². The molecule has 0 spiro atoms. The maximum absolute atomic E-state index is 13.1. The molecule has 9 heteroatoms. The van der Waals surface area contributed by atoms with Crippen LogP contribution in [-0.4, -0.2) is 57.5 Å². The molecule has 1 N–H and O–H groups in total. The van der Waals surface area contributed by atoms with Crippen LogP contribution in [0.2, 0.25) is 5.02 Å². The molecular weight excluding hydrogens is 456 g/mol. The van der Waals surface area contributed by atoms with E-state index in [1.165, 1.54) is 11.9 Å². The van der Waals surface area contributed by atoms with Crippen molar-refractivity contribution < 1.29 is 14.3 Å². The van der Waals surface area contributed by atoms with Crippen molar-refractivity contribution in [1.82, 2.24) is 19.8 Å². The Morgan fingerprint density at radius 2 is 1.94 bits per heavy atom. The van der Waals surface area contributed by atoms with E-state index in [4.69, 9.17) is 21.3 Å². The molecule has 1 aromatic carbocycles. The van der Waals surface area contributed by atoms with Crippen LogP contribution >= 0.6 is 11.6 Å². The highest BCUT2D eigenvalue weighted by atomic mass is 35.5. The highest BCUT2D eigenvalue weighted by Gasteiger charge is 2.32. The van der Waals surface area contributed by atoms with Gasteiger partial charge in [-0.3, -0.25) is 9.59 Å². The van der Waals surface area contributed by atoms with Gasteiger partial charge in [0, 0.05) is 30.1 Å². The smallest absolute Gasteiger partial charge is 0.410 e. The first kappa shape index (κ1) is 25.7. The van der Waals surface area contributed by atoms with Crippen LogP contribution in [0, 0.1) is 0 Å². The molecule has 0 saturated carbocycles. The van der Waals surface area contributed by atoms with Crippen LogP contribution in [0.3, 0.4) is 0 Å². The molecule has 2 amide bonds. The topological polar surface area (TPSA) is 95.6 Å². The quantitative estimate of drug-likeness (QED) is 0.642. The lowest BCUT2D eigenvalue weighted by Crippen LogP contribution is -2.47. The van der Waals surface area contributed by atoms with Crippen LogP contribution in [-0.2, 0) is 16.1 Å². The van der Waals surface area contributed by atoms with E-state index in [1.807, 2.05) is 12.1 Å². The van der Waals surface area contributed by atoms with E-state index in [-0.39, 0.29) is 30.5 Å². The predicted molar refractivity (Wildman–Crippen MR) is 132 cm³/mol. The Morgan fingerprint density at radius 3 is 2.56 bits per heavy atom. The van der Waals surface area contributed by atoms with Crippen molar-refractivity contribution in [3.63, 3.8) is 0 Å². The molecule has 1 unspecified atom stereocenters. The SMILES string of the molecule is CCCCC1CN(C(=O)CN(C)C(=O)OC(C)(C)C)Cc2c1nc(-c1ccc(Cl)cc1)[nH]c2=O. The number of rotatable bonds is 6. The highest BCUT2D eigenvalue weighted by molar-refractivity contribution is 6.30. The maximum Gasteiger partial charge on any atom is 0.410 e. The van der Waals surface area contributed by atoms with Gasteiger partial charge < -0.3 is 19.5 Å². The molecule has 2 heterocycles. The standard InChI is InChI=1S/C25H33ClN4O4/c1-6-7-8-17-13-30(20(31)15-29(5)24(33)34-25(2,3)4)14-19-21(17)27-22(28-23(19)32)16-9-11-18(26)12-10-16/h9-12,17H,6-8,13-15H2,1-5H3,(H,27,28,32). The molecule has 34 heavy (non-hydrogen) atoms. The number of hydrogen-bond donors (Lipinski definition) is 1. The number of hydrogen-bond acceptors (Lipinski definition) is 5. The molecule has 0 fully saturated rings. The molecule has 0 aliphatic carbocycles. The number of likely N-dealkylation sites (N-methyl/N-ethyl adjacent to an activating group) is 1. The first-order valence-electron chi connectivity index (χ1n) is 11.6. The number of halogens is 1. The lowest BCUT2D eigenvalue weighted by Gasteiger charge is -2.34. The van der Waals surface area contributed by atoms with Crippen molar-refractivity contribution in [2.45, 2.75) is 65.0 Å². The van der Waals surface area contributed by atoms with Gasteiger partial charge in [0.25, 0.3) is 5.56 Å². The first-order chi connectivity index (χ1) is 16.0. The molecule has 0 radical (unpaired) electrons. The van der Waals surface area contributed by atoms with Crippen molar-refractivity contribution in [2.24, 2.45) is 0 Å². The molecule has 0 bridgehead atoms. The minimum Gasteiger partial charge on any atom is -0.444 e. The summed E-state index contributed by atoms with van der Waals surface area (Å²) in [6.45, 7) is 7.91. The summed E-state index contributed by atoms with van der Waals surface area (Å²) in [6.07, 6.45) is 2.20. The van der Waals surface area contributed by atoms with E-state index >= 15 is 0 Å². The van der Waals surface area contributed by atoms with Gasteiger partial charge in [0.15, 0.2) is 0 Å². The molecule has 1 aromatic heterocycles. The maximum atomic E-state index is 13.1. The molecule has 8 nitrogen and oxygen atoms in total. The summed E-state index contributed by atoms with van der Waals surface area (Å²) in [5.41, 5.74) is 1.11. The number of ether oxygens (including phenoxy) is 1. The molecule has 1 aliphatic rings. The molecular formula is C25H33ClN4O4. The van der Waals surface area contributed by atoms with E-state index in [2.05, 4.69) is 11.9 Å². The molecule has 1 aliphatic heterocycles. The summed E-state index contributed by atoms with van der Waals surface area (Å²) >= 11 is 6.00. The third kappa shape index (κ3) is 6.38. The van der Waals surface area contributed by atoms with Crippen LogP contribution in [0.1, 0.15) is 64.1 Å². The lowest BCUT2D eigenvalue weighted by molar-refractivity contribution is -0.133. The predicted octanol–water partition coefficient (Wildman–Crippen LogP) is 4.57. The van der Waals surface area contributed by atoms with Crippen molar-refractivity contribution in [3.8, 4) is 11.4 Å². The van der Waals surface area contributed by atoms with Crippen LogP contribution < -0.4 is 5.56 Å². The Morgan fingerprint density at radius 1 is 1.26 bits per heavy atom. The van der Waals surface area contributed by atoms with Gasteiger partial charge in [0.05, 0.1) is 17.8 Å². The Balaban J connectivity index is 1.85. The zero-order valence-electron chi connectivity index (χ0n) is 20.5. The number of unbranched alkanes of at least 4 members (excludes halogenated alkanes) is 1. The van der Waals surface area contributed by atoms with Gasteiger partial charge in [-0.1, -0.05) is 31.4 Å². The zero-order chi connectivity index (χ0) is 25.0. The minimum absolute atomic E-state index is 0.0622. The van der Waals surface area contributed by atoms with Gasteiger partial charge >= 0.3 is 6.09 Å². The number of carbonyl (C=O) groups excluding carboxylic acids is 2. The number of nitrogens with one attached hydrogen (secondary N) is 1. The number of benzene rings is 1. The van der Waals surface area contributed by atoms with Crippen molar-refractivity contribution in [2.75, 3.05) is 20.1 Å². The molecule has 0 saturated heterocycles. The second kappa shape index (κ2) is 10.6. The van der Waals surface area contributed by atoms with E-state index in [0.717, 1.165) is 30.5 Å². The summed E-state index contributed by atoms with van der Waals surface area (Å²) in [7, 11) is 1.53.